The van der Waals surface area contributed by atoms with Gasteiger partial charge in [0.2, 0.25) is 0 Å². The van der Waals surface area contributed by atoms with Crippen LogP contribution in [-0.4, -0.2) is 19.9 Å². The Morgan fingerprint density at radius 1 is 0.333 bits per heavy atom. The predicted molar refractivity (Wildman–Crippen MR) is 266 cm³/mol. The molecule has 2 aliphatic carbocycles. The highest BCUT2D eigenvalue weighted by atomic mass is 16.3. The molecule has 3 heterocycles. The van der Waals surface area contributed by atoms with Crippen LogP contribution in [0.3, 0.4) is 0 Å². The van der Waals surface area contributed by atoms with Crippen molar-refractivity contribution in [1.82, 2.24) is 19.9 Å². The van der Waals surface area contributed by atoms with Crippen molar-refractivity contribution in [2.75, 3.05) is 0 Å². The largest absolute Gasteiger partial charge is 0.455 e. The molecular formula is C61H36N4O. The summed E-state index contributed by atoms with van der Waals surface area (Å²) in [5, 5.41) is 3.36. The number of nitrogens with zero attached hydrogens (tertiary/aromatic N) is 4. The molecule has 14 rings (SSSR count). The van der Waals surface area contributed by atoms with Crippen LogP contribution in [0.15, 0.2) is 223 Å². The summed E-state index contributed by atoms with van der Waals surface area (Å²) in [4.78, 5) is 21.2. The minimum Gasteiger partial charge on any atom is -0.455 e. The van der Waals surface area contributed by atoms with Gasteiger partial charge in [-0.2, -0.15) is 0 Å². The van der Waals surface area contributed by atoms with Crippen molar-refractivity contribution in [2.24, 2.45) is 0 Å². The monoisotopic (exact) mass is 840 g/mol. The summed E-state index contributed by atoms with van der Waals surface area (Å²) < 4.78 is 6.42. The maximum atomic E-state index is 6.42. The van der Waals surface area contributed by atoms with E-state index >= 15 is 0 Å². The smallest absolute Gasteiger partial charge is 0.164 e. The normalized spacial score (nSPS) is 13.0. The summed E-state index contributed by atoms with van der Waals surface area (Å²) in [6, 6.07) is 77.2. The van der Waals surface area contributed by atoms with E-state index in [0.717, 1.165) is 83.0 Å². The average Bonchev–Trinajstić information content (AvgIpc) is 4.03. The van der Waals surface area contributed by atoms with Crippen LogP contribution in [0, 0.1) is 0 Å². The van der Waals surface area contributed by atoms with Crippen LogP contribution in [-0.2, 0) is 5.41 Å². The molecule has 306 valence electrons. The first-order chi connectivity index (χ1) is 32.7. The first kappa shape index (κ1) is 36.7. The van der Waals surface area contributed by atoms with Crippen LogP contribution in [0.1, 0.15) is 22.3 Å². The quantitative estimate of drug-likeness (QED) is 0.173. The SMILES string of the molecule is c1ccc(-c2nc(-c3ccc(-c4cccc5c4oc4ccccc45)cc3)nc(-c3ccc4c(c3)C3(c5ccccc5-c5ccccc53)c3c-4c(-c4ccccc4)nc4ccccc34)n2)cc1. The van der Waals surface area contributed by atoms with E-state index in [4.69, 9.17) is 24.4 Å². The number of pyridine rings is 1. The highest BCUT2D eigenvalue weighted by Gasteiger charge is 2.53. The van der Waals surface area contributed by atoms with Crippen LogP contribution < -0.4 is 0 Å². The maximum absolute atomic E-state index is 6.42. The molecule has 0 fully saturated rings. The lowest BCUT2D eigenvalue weighted by molar-refractivity contribution is 0.670. The molecule has 0 saturated carbocycles. The molecular weight excluding hydrogens is 805 g/mol. The van der Waals surface area contributed by atoms with Gasteiger partial charge in [0.15, 0.2) is 17.5 Å². The van der Waals surface area contributed by atoms with E-state index in [1.807, 2.05) is 30.3 Å². The fourth-order valence-electron chi connectivity index (χ4n) is 10.9. The molecule has 0 bridgehead atoms. The highest BCUT2D eigenvalue weighted by Crippen LogP contribution is 2.65. The van der Waals surface area contributed by atoms with Gasteiger partial charge >= 0.3 is 0 Å². The first-order valence-corrected chi connectivity index (χ1v) is 22.4. The number of para-hydroxylation sites is 3. The van der Waals surface area contributed by atoms with Gasteiger partial charge in [-0.3, -0.25) is 0 Å². The lowest BCUT2D eigenvalue weighted by Gasteiger charge is -2.31. The molecule has 2 aliphatic rings. The minimum atomic E-state index is -0.642. The molecule has 0 amide bonds. The van der Waals surface area contributed by atoms with E-state index < -0.39 is 5.41 Å². The Kier molecular flexibility index (Phi) is 7.83. The zero-order valence-electron chi connectivity index (χ0n) is 35.5. The van der Waals surface area contributed by atoms with Crippen LogP contribution in [0.4, 0.5) is 0 Å². The first-order valence-electron chi connectivity index (χ1n) is 22.4. The molecule has 1 spiro atoms. The van der Waals surface area contributed by atoms with Gasteiger partial charge in [-0.25, -0.2) is 19.9 Å². The Bertz CT molecular complexity index is 3890. The Morgan fingerprint density at radius 2 is 0.864 bits per heavy atom. The van der Waals surface area contributed by atoms with Crippen LogP contribution in [0.2, 0.25) is 0 Å². The molecule has 5 nitrogen and oxygen atoms in total. The van der Waals surface area contributed by atoms with Crippen LogP contribution in [0.5, 0.6) is 0 Å². The van der Waals surface area contributed by atoms with E-state index in [2.05, 4.69) is 188 Å². The molecule has 0 saturated heterocycles. The Morgan fingerprint density at radius 3 is 1.59 bits per heavy atom. The number of benzene rings is 9. The lowest BCUT2D eigenvalue weighted by atomic mass is 9.69. The van der Waals surface area contributed by atoms with Gasteiger partial charge < -0.3 is 4.42 Å². The third-order valence-corrected chi connectivity index (χ3v) is 13.7. The zero-order chi connectivity index (χ0) is 43.3. The molecule has 3 aromatic heterocycles. The minimum absolute atomic E-state index is 0.601. The molecule has 0 atom stereocenters. The van der Waals surface area contributed by atoms with Gasteiger partial charge in [-0.15, -0.1) is 0 Å². The number of furan rings is 1. The van der Waals surface area contributed by atoms with E-state index in [1.54, 1.807) is 0 Å². The molecule has 12 aromatic rings. The van der Waals surface area contributed by atoms with E-state index in [-0.39, 0.29) is 0 Å². The second-order valence-corrected chi connectivity index (χ2v) is 17.2. The second kappa shape index (κ2) is 14.1. The van der Waals surface area contributed by atoms with Crippen molar-refractivity contribution < 1.29 is 4.42 Å². The summed E-state index contributed by atoms with van der Waals surface area (Å²) >= 11 is 0. The summed E-state index contributed by atoms with van der Waals surface area (Å²) in [5.74, 6) is 1.82. The van der Waals surface area contributed by atoms with Crippen molar-refractivity contribution in [1.29, 1.82) is 0 Å². The molecule has 0 aliphatic heterocycles. The van der Waals surface area contributed by atoms with Crippen molar-refractivity contribution in [3.8, 4) is 78.8 Å². The summed E-state index contributed by atoms with van der Waals surface area (Å²) in [7, 11) is 0. The molecule has 5 heteroatoms. The third kappa shape index (κ3) is 5.22. The Hall–Kier alpha value is -8.80. The van der Waals surface area contributed by atoms with Gasteiger partial charge in [0.05, 0.1) is 16.6 Å². The van der Waals surface area contributed by atoms with Crippen molar-refractivity contribution >= 4 is 32.8 Å². The number of hydrogen-bond acceptors (Lipinski definition) is 5. The highest BCUT2D eigenvalue weighted by molar-refractivity contribution is 6.10. The molecule has 0 unspecified atom stereocenters. The molecule has 66 heavy (non-hydrogen) atoms. The maximum Gasteiger partial charge on any atom is 0.164 e. The average molecular weight is 841 g/mol. The van der Waals surface area contributed by atoms with E-state index in [0.29, 0.717) is 17.5 Å². The van der Waals surface area contributed by atoms with Crippen molar-refractivity contribution in [2.45, 2.75) is 5.41 Å². The summed E-state index contributed by atoms with van der Waals surface area (Å²) in [6.45, 7) is 0. The van der Waals surface area contributed by atoms with E-state index in [9.17, 15) is 0 Å². The zero-order valence-corrected chi connectivity index (χ0v) is 35.5. The number of fused-ring (bicyclic) bond motifs is 15. The standard InChI is InChI=1S/C61H36N4O/c1-3-16-38(17-4-1)56-54-47-35-34-41(36-51(47)61(55(54)48-23-9-13-28-52(48)62-56)49-26-11-7-20-43(49)44-21-8-12-27-50(44)61)60-64-58(39-18-5-2-6-19-39)63-59(65-60)40-32-30-37(31-33-40)42-24-15-25-46-45-22-10-14-29-53(45)66-57(42)46/h1-36H. The molecule has 0 radical (unpaired) electrons. The van der Waals surface area contributed by atoms with Gasteiger partial charge in [-0.1, -0.05) is 200 Å². The number of aromatic nitrogens is 4. The molecule has 9 aromatic carbocycles. The fourth-order valence-corrected chi connectivity index (χ4v) is 10.9. The number of rotatable bonds is 5. The van der Waals surface area contributed by atoms with Gasteiger partial charge in [0.25, 0.3) is 0 Å². The summed E-state index contributed by atoms with van der Waals surface area (Å²) in [5.41, 5.74) is 18.8. The van der Waals surface area contributed by atoms with Crippen LogP contribution >= 0.6 is 0 Å². The lowest BCUT2D eigenvalue weighted by Crippen LogP contribution is -2.26. The molecule has 0 N–H and O–H groups in total. The van der Waals surface area contributed by atoms with Crippen molar-refractivity contribution in [3.63, 3.8) is 0 Å². The Balaban J connectivity index is 0.993. The summed E-state index contributed by atoms with van der Waals surface area (Å²) in [6.07, 6.45) is 0. The fraction of sp³-hybridized carbons (Fsp3) is 0.0164. The Labute approximate surface area is 380 Å². The van der Waals surface area contributed by atoms with Gasteiger partial charge in [0, 0.05) is 49.5 Å². The predicted octanol–water partition coefficient (Wildman–Crippen LogP) is 15.0. The topological polar surface area (TPSA) is 64.7 Å². The van der Waals surface area contributed by atoms with Crippen LogP contribution in [0.25, 0.3) is 112 Å². The number of hydrogen-bond donors (Lipinski definition) is 0. The van der Waals surface area contributed by atoms with Gasteiger partial charge in [0.1, 0.15) is 11.2 Å². The van der Waals surface area contributed by atoms with Gasteiger partial charge in [-0.05, 0) is 62.7 Å². The second-order valence-electron chi connectivity index (χ2n) is 17.2. The van der Waals surface area contributed by atoms with E-state index in [1.165, 1.54) is 33.4 Å². The van der Waals surface area contributed by atoms with Crippen molar-refractivity contribution in [3.05, 3.63) is 241 Å². The third-order valence-electron chi connectivity index (χ3n) is 13.7.